The number of benzene rings is 2. The molecule has 0 unspecified atom stereocenters. The van der Waals surface area contributed by atoms with Gasteiger partial charge in [0.2, 0.25) is 0 Å². The van der Waals surface area contributed by atoms with Crippen molar-refractivity contribution in [2.75, 3.05) is 19.0 Å². The number of hydrogen-bond acceptors (Lipinski definition) is 4. The Bertz CT molecular complexity index is 741. The van der Waals surface area contributed by atoms with Crippen LogP contribution in [0.1, 0.15) is 5.56 Å². The van der Waals surface area contributed by atoms with E-state index in [1.807, 2.05) is 37.2 Å². The van der Waals surface area contributed by atoms with Gasteiger partial charge in [-0.05, 0) is 28.9 Å². The predicted octanol–water partition coefficient (Wildman–Crippen LogP) is 1.57. The highest BCUT2D eigenvalue weighted by Crippen LogP contribution is 2.30. The third-order valence-electron chi connectivity index (χ3n) is 3.13. The van der Waals surface area contributed by atoms with Crippen LogP contribution in [0.4, 0.5) is 11.4 Å². The Hall–Kier alpha value is -2.21. The van der Waals surface area contributed by atoms with E-state index >= 15 is 0 Å². The Morgan fingerprint density at radius 3 is 2.33 bits per heavy atom. The van der Waals surface area contributed by atoms with Crippen molar-refractivity contribution < 1.29 is 13.9 Å². The second-order valence-corrected chi connectivity index (χ2v) is 6.88. The van der Waals surface area contributed by atoms with E-state index in [9.17, 15) is 8.42 Å². The molecule has 110 valence electrons. The SMILES string of the molecule is CN(C)c1ccc(N=[NH2+])c(S(=O)(=O)Cc2ccccc2)c1. The first-order chi connectivity index (χ1) is 9.94. The van der Waals surface area contributed by atoms with Gasteiger partial charge in [-0.25, -0.2) is 8.42 Å². The summed E-state index contributed by atoms with van der Waals surface area (Å²) in [7, 11) is 0.186. The van der Waals surface area contributed by atoms with E-state index in [1.165, 1.54) is 0 Å². The van der Waals surface area contributed by atoms with E-state index < -0.39 is 9.84 Å². The molecule has 2 rings (SSSR count). The molecule has 0 fully saturated rings. The Morgan fingerprint density at radius 1 is 1.10 bits per heavy atom. The maximum Gasteiger partial charge on any atom is 0.184 e. The smallest absolute Gasteiger partial charge is 0.184 e. The largest absolute Gasteiger partial charge is 0.378 e. The zero-order chi connectivity index (χ0) is 15.5. The summed E-state index contributed by atoms with van der Waals surface area (Å²) in [5.74, 6) is -0.0761. The van der Waals surface area contributed by atoms with Gasteiger partial charge >= 0.3 is 0 Å². The molecule has 5 nitrogen and oxygen atoms in total. The summed E-state index contributed by atoms with van der Waals surface area (Å²) < 4.78 is 25.2. The second-order valence-electron chi connectivity index (χ2n) is 4.92. The summed E-state index contributed by atoms with van der Waals surface area (Å²) in [5, 5.41) is 3.58. The van der Waals surface area contributed by atoms with E-state index in [0.717, 1.165) is 11.3 Å². The van der Waals surface area contributed by atoms with Crippen LogP contribution in [0.15, 0.2) is 58.5 Å². The minimum Gasteiger partial charge on any atom is -0.378 e. The lowest BCUT2D eigenvalue weighted by Crippen LogP contribution is -2.22. The molecule has 0 amide bonds. The normalized spacial score (nSPS) is 11.1. The van der Waals surface area contributed by atoms with Crippen LogP contribution in [-0.4, -0.2) is 22.5 Å². The van der Waals surface area contributed by atoms with Gasteiger partial charge in [-0.15, -0.1) is 0 Å². The Balaban J connectivity index is 2.48. The first-order valence-electron chi connectivity index (χ1n) is 6.43. The lowest BCUT2D eigenvalue weighted by molar-refractivity contribution is -0.210. The molecule has 0 radical (unpaired) electrons. The molecule has 0 heterocycles. The molecule has 0 aliphatic rings. The highest BCUT2D eigenvalue weighted by Gasteiger charge is 2.21. The van der Waals surface area contributed by atoms with Crippen LogP contribution in [0, 0.1) is 0 Å². The summed E-state index contributed by atoms with van der Waals surface area (Å²) in [6.45, 7) is 0. The molecule has 0 bridgehead atoms. The number of anilines is 1. The molecular formula is C15H18N3O2S+. The van der Waals surface area contributed by atoms with E-state index in [4.69, 9.17) is 5.53 Å². The van der Waals surface area contributed by atoms with Crippen LogP contribution in [0.2, 0.25) is 0 Å². The van der Waals surface area contributed by atoms with Gasteiger partial charge in [0.05, 0.1) is 5.75 Å². The molecule has 0 aliphatic carbocycles. The van der Waals surface area contributed by atoms with E-state index in [0.29, 0.717) is 0 Å². The monoisotopic (exact) mass is 304 g/mol. The van der Waals surface area contributed by atoms with Crippen molar-refractivity contribution in [2.24, 2.45) is 5.11 Å². The average Bonchev–Trinajstić information content (AvgIpc) is 2.47. The molecule has 6 heteroatoms. The van der Waals surface area contributed by atoms with Gasteiger partial charge in [-0.3, -0.25) is 0 Å². The third-order valence-corrected chi connectivity index (χ3v) is 4.84. The van der Waals surface area contributed by atoms with Crippen molar-refractivity contribution in [1.29, 1.82) is 0 Å². The third kappa shape index (κ3) is 3.46. The van der Waals surface area contributed by atoms with Gasteiger partial charge in [0.1, 0.15) is 10.6 Å². The molecule has 0 atom stereocenters. The Morgan fingerprint density at radius 2 is 1.76 bits per heavy atom. The second kappa shape index (κ2) is 6.05. The van der Waals surface area contributed by atoms with E-state index in [2.05, 4.69) is 5.11 Å². The van der Waals surface area contributed by atoms with Gasteiger partial charge in [0.15, 0.2) is 9.84 Å². The molecule has 0 saturated heterocycles. The van der Waals surface area contributed by atoms with Crippen molar-refractivity contribution in [3.05, 3.63) is 54.1 Å². The number of nitrogens with zero attached hydrogens (tertiary/aromatic N) is 2. The maximum atomic E-state index is 12.6. The minimum atomic E-state index is -3.51. The summed E-state index contributed by atoms with van der Waals surface area (Å²) >= 11 is 0. The van der Waals surface area contributed by atoms with Crippen LogP contribution in [0.25, 0.3) is 0 Å². The number of rotatable bonds is 5. The first-order valence-corrected chi connectivity index (χ1v) is 8.08. The van der Waals surface area contributed by atoms with Crippen LogP contribution < -0.4 is 10.4 Å². The molecule has 21 heavy (non-hydrogen) atoms. The lowest BCUT2D eigenvalue weighted by Gasteiger charge is -2.14. The minimum absolute atomic E-state index is 0.0761. The molecule has 0 aliphatic heterocycles. The molecule has 0 spiro atoms. The van der Waals surface area contributed by atoms with Crippen molar-refractivity contribution in [2.45, 2.75) is 10.6 Å². The Labute approximate surface area is 124 Å². The van der Waals surface area contributed by atoms with E-state index in [-0.39, 0.29) is 16.3 Å². The van der Waals surface area contributed by atoms with Crippen LogP contribution in [0.5, 0.6) is 0 Å². The number of sulfone groups is 1. The summed E-state index contributed by atoms with van der Waals surface area (Å²) in [6, 6.07) is 14.1. The summed E-state index contributed by atoms with van der Waals surface area (Å²) in [5.41, 5.74) is 7.11. The molecule has 2 N–H and O–H groups in total. The standard InChI is InChI=1S/C15H17N3O2S/c1-18(2)13-8-9-14(17-16)15(10-13)21(19,20)11-12-6-4-3-5-7-12/h3-10,16H,11H2,1-2H3/p+1. The van der Waals surface area contributed by atoms with Crippen molar-refractivity contribution in [3.8, 4) is 0 Å². The zero-order valence-corrected chi connectivity index (χ0v) is 12.8. The van der Waals surface area contributed by atoms with Gasteiger partial charge in [-0.2, -0.15) is 5.53 Å². The maximum absolute atomic E-state index is 12.6. The van der Waals surface area contributed by atoms with Gasteiger partial charge in [-0.1, -0.05) is 30.3 Å². The number of nitrogens with two attached hydrogens (primary N) is 1. The van der Waals surface area contributed by atoms with E-state index in [1.54, 1.807) is 30.3 Å². The van der Waals surface area contributed by atoms with Crippen LogP contribution >= 0.6 is 0 Å². The van der Waals surface area contributed by atoms with Crippen LogP contribution in [0.3, 0.4) is 0 Å². The number of hydrogen-bond donors (Lipinski definition) is 1. The summed E-state index contributed by atoms with van der Waals surface area (Å²) in [6.07, 6.45) is 0. The molecule has 0 aromatic heterocycles. The highest BCUT2D eigenvalue weighted by molar-refractivity contribution is 7.90. The molecular weight excluding hydrogens is 286 g/mol. The molecule has 2 aromatic rings. The van der Waals surface area contributed by atoms with Gasteiger partial charge < -0.3 is 4.90 Å². The summed E-state index contributed by atoms with van der Waals surface area (Å²) in [4.78, 5) is 1.99. The zero-order valence-electron chi connectivity index (χ0n) is 12.0. The van der Waals surface area contributed by atoms with Crippen molar-refractivity contribution in [1.82, 2.24) is 0 Å². The molecule has 0 saturated carbocycles. The fourth-order valence-corrected chi connectivity index (χ4v) is 3.53. The van der Waals surface area contributed by atoms with Crippen LogP contribution in [-0.2, 0) is 15.6 Å². The van der Waals surface area contributed by atoms with Gasteiger partial charge in [0.25, 0.3) is 0 Å². The Kier molecular flexibility index (Phi) is 4.37. The highest BCUT2D eigenvalue weighted by atomic mass is 32.2. The average molecular weight is 304 g/mol. The fourth-order valence-electron chi connectivity index (χ4n) is 2.01. The topological polar surface area (TPSA) is 75.3 Å². The fraction of sp³-hybridized carbons (Fsp3) is 0.200. The van der Waals surface area contributed by atoms with Crippen molar-refractivity contribution in [3.63, 3.8) is 0 Å². The quantitative estimate of drug-likeness (QED) is 0.852. The first kappa shape index (κ1) is 15.2. The predicted molar refractivity (Wildman–Crippen MR) is 82.1 cm³/mol. The van der Waals surface area contributed by atoms with Crippen molar-refractivity contribution >= 4 is 21.2 Å². The lowest BCUT2D eigenvalue weighted by atomic mass is 10.2. The van der Waals surface area contributed by atoms with Gasteiger partial charge in [0, 0.05) is 19.8 Å². The molecule has 2 aromatic carbocycles.